The van der Waals surface area contributed by atoms with E-state index in [0.717, 1.165) is 48.3 Å². The third-order valence-electron chi connectivity index (χ3n) is 6.55. The van der Waals surface area contributed by atoms with E-state index in [4.69, 9.17) is 5.41 Å². The number of nitrogens with zero attached hydrogens (tertiary/aromatic N) is 4. The molecule has 2 fully saturated rings. The Morgan fingerprint density at radius 2 is 2.00 bits per heavy atom. The minimum atomic E-state index is 0.0535. The van der Waals surface area contributed by atoms with Gasteiger partial charge in [-0.15, -0.1) is 0 Å². The summed E-state index contributed by atoms with van der Waals surface area (Å²) in [6, 6.07) is 12.0. The smallest absolute Gasteiger partial charge is 0.255 e. The molecule has 3 aromatic rings. The van der Waals surface area contributed by atoms with Crippen molar-refractivity contribution in [2.75, 3.05) is 31.1 Å². The standard InChI is InChI=1S/C25H27N5O/c1-17-12-20(21-7-5-18(13-26)24-22(21)4-2-9-27-24)16-30(15-17)25(31)19-6-8-23(28-14-19)29-10-3-11-29/h2,4-9,13-14,17,20,26H,3,10-12,15-16H2,1H3/t17-,20+/m1/s1. The summed E-state index contributed by atoms with van der Waals surface area (Å²) in [5.41, 5.74) is 3.55. The van der Waals surface area contributed by atoms with Crippen LogP contribution in [0.1, 0.15) is 47.2 Å². The van der Waals surface area contributed by atoms with Crippen LogP contribution in [0, 0.1) is 11.3 Å². The maximum Gasteiger partial charge on any atom is 0.255 e. The number of rotatable bonds is 4. The van der Waals surface area contributed by atoms with Crippen molar-refractivity contribution >= 4 is 28.8 Å². The predicted molar refractivity (Wildman–Crippen MR) is 123 cm³/mol. The number of piperidine rings is 1. The molecular weight excluding hydrogens is 386 g/mol. The summed E-state index contributed by atoms with van der Waals surface area (Å²) in [4.78, 5) is 26.5. The van der Waals surface area contributed by atoms with E-state index >= 15 is 0 Å². The Balaban J connectivity index is 1.41. The second-order valence-electron chi connectivity index (χ2n) is 8.78. The van der Waals surface area contributed by atoms with Crippen LogP contribution in [-0.4, -0.2) is 53.2 Å². The molecule has 0 unspecified atom stereocenters. The van der Waals surface area contributed by atoms with Gasteiger partial charge in [0.2, 0.25) is 0 Å². The van der Waals surface area contributed by atoms with E-state index < -0.39 is 0 Å². The Morgan fingerprint density at radius 3 is 2.71 bits per heavy atom. The maximum atomic E-state index is 13.3. The Hall–Kier alpha value is -3.28. The zero-order chi connectivity index (χ0) is 21.4. The highest BCUT2D eigenvalue weighted by molar-refractivity contribution is 5.98. The van der Waals surface area contributed by atoms with Gasteiger partial charge in [-0.3, -0.25) is 9.78 Å². The largest absolute Gasteiger partial charge is 0.356 e. The first kappa shape index (κ1) is 19.7. The molecule has 0 aliphatic carbocycles. The van der Waals surface area contributed by atoms with Gasteiger partial charge in [0.25, 0.3) is 5.91 Å². The van der Waals surface area contributed by atoms with Crippen LogP contribution in [0.4, 0.5) is 5.82 Å². The highest BCUT2D eigenvalue weighted by Crippen LogP contribution is 2.35. The number of anilines is 1. The number of carbonyl (C=O) groups excluding carboxylic acids is 1. The molecule has 1 aromatic carbocycles. The van der Waals surface area contributed by atoms with E-state index in [-0.39, 0.29) is 11.8 Å². The maximum absolute atomic E-state index is 13.3. The summed E-state index contributed by atoms with van der Waals surface area (Å²) in [6.45, 7) is 5.75. The number of benzene rings is 1. The molecule has 5 rings (SSSR count). The molecule has 2 saturated heterocycles. The number of pyridine rings is 2. The quantitative estimate of drug-likeness (QED) is 0.654. The van der Waals surface area contributed by atoms with E-state index in [1.54, 1.807) is 12.4 Å². The van der Waals surface area contributed by atoms with Gasteiger partial charge in [-0.2, -0.15) is 0 Å². The summed E-state index contributed by atoms with van der Waals surface area (Å²) in [6.07, 6.45) is 7.09. The fourth-order valence-corrected chi connectivity index (χ4v) is 4.86. The van der Waals surface area contributed by atoms with Gasteiger partial charge < -0.3 is 15.2 Å². The third-order valence-corrected chi connectivity index (χ3v) is 6.55. The zero-order valence-electron chi connectivity index (χ0n) is 17.8. The van der Waals surface area contributed by atoms with Gasteiger partial charge in [-0.25, -0.2) is 4.98 Å². The van der Waals surface area contributed by atoms with E-state index in [1.165, 1.54) is 18.2 Å². The SMILES string of the molecule is C[C@@H]1C[C@H](c2ccc(C=N)c3ncccc23)CN(C(=O)c2ccc(N3CCC3)nc2)C1. The number of aromatic nitrogens is 2. The van der Waals surface area contributed by atoms with Crippen molar-refractivity contribution < 1.29 is 4.79 Å². The zero-order valence-corrected chi connectivity index (χ0v) is 17.8. The summed E-state index contributed by atoms with van der Waals surface area (Å²) in [7, 11) is 0. The lowest BCUT2D eigenvalue weighted by Gasteiger charge is -2.37. The molecule has 6 nitrogen and oxygen atoms in total. The van der Waals surface area contributed by atoms with Crippen LogP contribution >= 0.6 is 0 Å². The van der Waals surface area contributed by atoms with E-state index in [2.05, 4.69) is 33.9 Å². The van der Waals surface area contributed by atoms with Crippen LogP contribution in [0.2, 0.25) is 0 Å². The van der Waals surface area contributed by atoms with E-state index in [0.29, 0.717) is 18.0 Å². The van der Waals surface area contributed by atoms with Gasteiger partial charge in [-0.1, -0.05) is 25.1 Å². The van der Waals surface area contributed by atoms with Crippen LogP contribution in [0.15, 0.2) is 48.8 Å². The van der Waals surface area contributed by atoms with Gasteiger partial charge in [-0.05, 0) is 42.5 Å². The molecule has 6 heteroatoms. The Labute approximate surface area is 182 Å². The molecule has 2 aliphatic rings. The average Bonchev–Trinajstić information content (AvgIpc) is 2.77. The molecular formula is C25H27N5O. The van der Waals surface area contributed by atoms with Gasteiger partial charge in [0.1, 0.15) is 5.82 Å². The molecule has 31 heavy (non-hydrogen) atoms. The number of hydrogen-bond donors (Lipinski definition) is 1. The monoisotopic (exact) mass is 413 g/mol. The third kappa shape index (κ3) is 3.67. The van der Waals surface area contributed by atoms with E-state index in [9.17, 15) is 4.79 Å². The van der Waals surface area contributed by atoms with Crippen LogP contribution in [-0.2, 0) is 0 Å². The summed E-state index contributed by atoms with van der Waals surface area (Å²) < 4.78 is 0. The number of hydrogen-bond acceptors (Lipinski definition) is 5. The summed E-state index contributed by atoms with van der Waals surface area (Å²) in [5, 5.41) is 8.77. The molecule has 0 spiro atoms. The lowest BCUT2D eigenvalue weighted by molar-refractivity contribution is 0.0658. The number of fused-ring (bicyclic) bond motifs is 1. The molecule has 1 amide bonds. The van der Waals surface area contributed by atoms with Crippen molar-refractivity contribution in [3.63, 3.8) is 0 Å². The lowest BCUT2D eigenvalue weighted by atomic mass is 9.83. The van der Waals surface area contributed by atoms with Crippen molar-refractivity contribution in [1.29, 1.82) is 5.41 Å². The Morgan fingerprint density at radius 1 is 1.13 bits per heavy atom. The number of nitrogens with one attached hydrogen (secondary N) is 1. The van der Waals surface area contributed by atoms with E-state index in [1.807, 2.05) is 29.2 Å². The highest BCUT2D eigenvalue weighted by Gasteiger charge is 2.30. The predicted octanol–water partition coefficient (Wildman–Crippen LogP) is 4.10. The first-order chi connectivity index (χ1) is 15.1. The molecule has 2 aliphatic heterocycles. The number of amides is 1. The topological polar surface area (TPSA) is 73.2 Å². The average molecular weight is 414 g/mol. The fourth-order valence-electron chi connectivity index (χ4n) is 4.86. The minimum Gasteiger partial charge on any atom is -0.356 e. The minimum absolute atomic E-state index is 0.0535. The van der Waals surface area contributed by atoms with Crippen molar-refractivity contribution in [3.05, 3.63) is 65.5 Å². The van der Waals surface area contributed by atoms with Gasteiger partial charge in [0.15, 0.2) is 0 Å². The van der Waals surface area contributed by atoms with Crippen LogP contribution < -0.4 is 4.90 Å². The Bertz CT molecular complexity index is 1120. The molecule has 4 heterocycles. The molecule has 0 bridgehead atoms. The van der Waals surface area contributed by atoms with Gasteiger partial charge >= 0.3 is 0 Å². The first-order valence-electron chi connectivity index (χ1n) is 11.0. The lowest BCUT2D eigenvalue weighted by Crippen LogP contribution is -2.42. The van der Waals surface area contributed by atoms with Crippen LogP contribution in [0.25, 0.3) is 10.9 Å². The summed E-state index contributed by atoms with van der Waals surface area (Å²) in [5.74, 6) is 1.66. The first-order valence-corrected chi connectivity index (χ1v) is 11.0. The Kier molecular flexibility index (Phi) is 5.14. The highest BCUT2D eigenvalue weighted by atomic mass is 16.2. The van der Waals surface area contributed by atoms with Crippen molar-refractivity contribution in [2.45, 2.75) is 25.7 Å². The summed E-state index contributed by atoms with van der Waals surface area (Å²) >= 11 is 0. The molecule has 2 aromatic heterocycles. The van der Waals surface area contributed by atoms with Crippen LogP contribution in [0.5, 0.6) is 0 Å². The second kappa shape index (κ2) is 8.10. The van der Waals surface area contributed by atoms with Crippen LogP contribution in [0.3, 0.4) is 0 Å². The van der Waals surface area contributed by atoms with Crippen molar-refractivity contribution in [2.24, 2.45) is 5.92 Å². The molecule has 0 radical (unpaired) electrons. The number of likely N-dealkylation sites (tertiary alicyclic amines) is 1. The normalized spacial score (nSPS) is 21.1. The van der Waals surface area contributed by atoms with Gasteiger partial charge in [0.05, 0.1) is 11.1 Å². The molecule has 1 N–H and O–H groups in total. The number of carbonyl (C=O) groups is 1. The van der Waals surface area contributed by atoms with Crippen molar-refractivity contribution in [1.82, 2.24) is 14.9 Å². The fraction of sp³-hybridized carbons (Fsp3) is 0.360. The molecule has 0 saturated carbocycles. The molecule has 2 atom stereocenters. The van der Waals surface area contributed by atoms with Crippen molar-refractivity contribution in [3.8, 4) is 0 Å². The molecule has 158 valence electrons. The second-order valence-corrected chi connectivity index (χ2v) is 8.78. The van der Waals surface area contributed by atoms with Gasteiger partial charge in [0, 0.05) is 61.7 Å².